The molecule has 0 aromatic carbocycles. The van der Waals surface area contributed by atoms with Gasteiger partial charge in [0.15, 0.2) is 0 Å². The molecule has 0 fully saturated rings. The number of aliphatic hydroxyl groups is 1. The molecule has 15 heavy (non-hydrogen) atoms. The van der Waals surface area contributed by atoms with E-state index in [1.54, 1.807) is 11.3 Å². The third-order valence-electron chi connectivity index (χ3n) is 2.00. The zero-order chi connectivity index (χ0) is 11.3. The lowest BCUT2D eigenvalue weighted by Crippen LogP contribution is -2.30. The second-order valence-electron chi connectivity index (χ2n) is 4.12. The van der Waals surface area contributed by atoms with Gasteiger partial charge in [-0.1, -0.05) is 13.8 Å². The van der Waals surface area contributed by atoms with Crippen LogP contribution in [-0.4, -0.2) is 24.3 Å². The molecule has 4 heteroatoms. The predicted octanol–water partition coefficient (Wildman–Crippen LogP) is 2.66. The van der Waals surface area contributed by atoms with Crippen LogP contribution in [0.5, 0.6) is 0 Å². The van der Waals surface area contributed by atoms with Crippen molar-refractivity contribution in [3.05, 3.63) is 20.8 Å². The molecule has 0 bridgehead atoms. The minimum Gasteiger partial charge on any atom is -0.391 e. The van der Waals surface area contributed by atoms with Gasteiger partial charge in [-0.05, 0) is 40.5 Å². The van der Waals surface area contributed by atoms with Crippen LogP contribution in [0.15, 0.2) is 15.9 Å². The van der Waals surface area contributed by atoms with E-state index in [0.717, 1.165) is 16.8 Å². The van der Waals surface area contributed by atoms with E-state index < -0.39 is 0 Å². The van der Waals surface area contributed by atoms with Gasteiger partial charge in [0, 0.05) is 17.8 Å². The van der Waals surface area contributed by atoms with Crippen molar-refractivity contribution in [2.24, 2.45) is 5.92 Å². The Morgan fingerprint density at radius 1 is 1.40 bits per heavy atom. The molecule has 0 spiro atoms. The van der Waals surface area contributed by atoms with Gasteiger partial charge < -0.3 is 10.4 Å². The molecule has 0 saturated carbocycles. The second kappa shape index (κ2) is 6.63. The Bertz CT molecular complexity index is 288. The lowest BCUT2D eigenvalue weighted by Gasteiger charge is -2.12. The van der Waals surface area contributed by atoms with Crippen molar-refractivity contribution in [3.63, 3.8) is 0 Å². The minimum atomic E-state index is -0.283. The van der Waals surface area contributed by atoms with Crippen LogP contribution in [-0.2, 0) is 6.42 Å². The molecule has 0 aliphatic heterocycles. The average molecular weight is 292 g/mol. The van der Waals surface area contributed by atoms with Gasteiger partial charge in [0.25, 0.3) is 0 Å². The first-order chi connectivity index (χ1) is 7.08. The molecule has 1 atom stereocenters. The van der Waals surface area contributed by atoms with Crippen molar-refractivity contribution in [2.45, 2.75) is 26.4 Å². The van der Waals surface area contributed by atoms with Crippen LogP contribution in [0.4, 0.5) is 0 Å². The van der Waals surface area contributed by atoms with E-state index >= 15 is 0 Å². The summed E-state index contributed by atoms with van der Waals surface area (Å²) < 4.78 is 1.12. The Labute approximate surface area is 104 Å². The van der Waals surface area contributed by atoms with E-state index in [-0.39, 0.29) is 6.10 Å². The van der Waals surface area contributed by atoms with Gasteiger partial charge in [-0.15, -0.1) is 11.3 Å². The monoisotopic (exact) mass is 291 g/mol. The maximum Gasteiger partial charge on any atom is 0.0712 e. The molecular weight excluding hydrogens is 274 g/mol. The van der Waals surface area contributed by atoms with Gasteiger partial charge in [0.1, 0.15) is 0 Å². The number of aliphatic hydroxyl groups excluding tert-OH is 1. The summed E-state index contributed by atoms with van der Waals surface area (Å²) in [6.07, 6.45) is 0.454. The van der Waals surface area contributed by atoms with E-state index in [9.17, 15) is 5.11 Å². The van der Waals surface area contributed by atoms with Crippen LogP contribution in [0.25, 0.3) is 0 Å². The molecule has 1 aromatic heterocycles. The van der Waals surface area contributed by atoms with Gasteiger partial charge in [-0.25, -0.2) is 0 Å². The summed E-state index contributed by atoms with van der Waals surface area (Å²) in [5.74, 6) is 0.632. The van der Waals surface area contributed by atoms with E-state index in [1.165, 1.54) is 4.88 Å². The highest BCUT2D eigenvalue weighted by atomic mass is 79.9. The fourth-order valence-corrected chi connectivity index (χ4v) is 2.86. The third kappa shape index (κ3) is 5.66. The maximum atomic E-state index is 9.75. The lowest BCUT2D eigenvalue weighted by molar-refractivity contribution is 0.171. The quantitative estimate of drug-likeness (QED) is 0.845. The van der Waals surface area contributed by atoms with Crippen molar-refractivity contribution in [2.75, 3.05) is 13.1 Å². The molecule has 2 nitrogen and oxygen atoms in total. The Hall–Kier alpha value is 0.1000. The smallest absolute Gasteiger partial charge is 0.0712 e. The standard InChI is InChI=1S/C11H18BrNOS/c1-8(2)6-13-7-9(14)5-10-3-4-11(12)15-10/h3-4,8-9,13-14H,5-7H2,1-2H3. The number of halogens is 1. The first kappa shape index (κ1) is 13.2. The SMILES string of the molecule is CC(C)CNCC(O)Cc1ccc(Br)s1. The molecule has 1 heterocycles. The fourth-order valence-electron chi connectivity index (χ4n) is 1.30. The lowest BCUT2D eigenvalue weighted by atomic mass is 10.2. The molecule has 0 aliphatic carbocycles. The van der Waals surface area contributed by atoms with Crippen LogP contribution >= 0.6 is 27.3 Å². The topological polar surface area (TPSA) is 32.3 Å². The molecule has 1 aromatic rings. The van der Waals surface area contributed by atoms with Gasteiger partial charge in [0.2, 0.25) is 0 Å². The summed E-state index contributed by atoms with van der Waals surface area (Å²) in [5.41, 5.74) is 0. The van der Waals surface area contributed by atoms with E-state index in [0.29, 0.717) is 12.5 Å². The van der Waals surface area contributed by atoms with Crippen molar-refractivity contribution in [1.29, 1.82) is 0 Å². The van der Waals surface area contributed by atoms with Crippen LogP contribution in [0.1, 0.15) is 18.7 Å². The third-order valence-corrected chi connectivity index (χ3v) is 3.64. The maximum absolute atomic E-state index is 9.75. The van der Waals surface area contributed by atoms with Crippen LogP contribution < -0.4 is 5.32 Å². The summed E-state index contributed by atoms with van der Waals surface area (Å²) in [5, 5.41) is 13.0. The summed E-state index contributed by atoms with van der Waals surface area (Å²) in [7, 11) is 0. The highest BCUT2D eigenvalue weighted by Crippen LogP contribution is 2.22. The predicted molar refractivity (Wildman–Crippen MR) is 69.4 cm³/mol. The number of rotatable bonds is 6. The number of thiophene rings is 1. The first-order valence-corrected chi connectivity index (χ1v) is 6.82. The summed E-state index contributed by atoms with van der Waals surface area (Å²) in [6.45, 7) is 5.96. The Morgan fingerprint density at radius 2 is 2.13 bits per heavy atom. The van der Waals surface area contributed by atoms with Crippen molar-refractivity contribution < 1.29 is 5.11 Å². The molecule has 0 radical (unpaired) electrons. The molecule has 2 N–H and O–H groups in total. The summed E-state index contributed by atoms with van der Waals surface area (Å²) in [6, 6.07) is 4.08. The molecule has 0 amide bonds. The zero-order valence-electron chi connectivity index (χ0n) is 9.16. The van der Waals surface area contributed by atoms with E-state index in [1.807, 2.05) is 6.07 Å². The highest BCUT2D eigenvalue weighted by Gasteiger charge is 2.07. The first-order valence-electron chi connectivity index (χ1n) is 5.21. The summed E-state index contributed by atoms with van der Waals surface area (Å²) in [4.78, 5) is 1.22. The molecule has 0 aliphatic rings. The van der Waals surface area contributed by atoms with Gasteiger partial charge in [0.05, 0.1) is 9.89 Å². The fraction of sp³-hybridized carbons (Fsp3) is 0.636. The highest BCUT2D eigenvalue weighted by molar-refractivity contribution is 9.11. The Kier molecular flexibility index (Phi) is 5.82. The molecular formula is C11H18BrNOS. The van der Waals surface area contributed by atoms with E-state index in [4.69, 9.17) is 0 Å². The number of nitrogens with one attached hydrogen (secondary N) is 1. The minimum absolute atomic E-state index is 0.283. The Morgan fingerprint density at radius 3 is 2.67 bits per heavy atom. The number of hydrogen-bond donors (Lipinski definition) is 2. The van der Waals surface area contributed by atoms with Crippen LogP contribution in [0.3, 0.4) is 0 Å². The largest absolute Gasteiger partial charge is 0.391 e. The van der Waals surface area contributed by atoms with Crippen LogP contribution in [0, 0.1) is 5.92 Å². The molecule has 1 rings (SSSR count). The molecule has 0 saturated heterocycles. The Balaban J connectivity index is 2.21. The number of hydrogen-bond acceptors (Lipinski definition) is 3. The summed E-state index contributed by atoms with van der Waals surface area (Å²) >= 11 is 5.10. The van der Waals surface area contributed by atoms with E-state index in [2.05, 4.69) is 41.2 Å². The average Bonchev–Trinajstić information content (AvgIpc) is 2.50. The normalized spacial score (nSPS) is 13.4. The van der Waals surface area contributed by atoms with Crippen molar-refractivity contribution in [1.82, 2.24) is 5.32 Å². The van der Waals surface area contributed by atoms with Crippen LogP contribution in [0.2, 0.25) is 0 Å². The van der Waals surface area contributed by atoms with Gasteiger partial charge >= 0.3 is 0 Å². The van der Waals surface area contributed by atoms with Gasteiger partial charge in [-0.3, -0.25) is 0 Å². The second-order valence-corrected chi connectivity index (χ2v) is 6.66. The molecule has 1 unspecified atom stereocenters. The zero-order valence-corrected chi connectivity index (χ0v) is 11.6. The van der Waals surface area contributed by atoms with Crippen molar-refractivity contribution in [3.8, 4) is 0 Å². The van der Waals surface area contributed by atoms with Gasteiger partial charge in [-0.2, -0.15) is 0 Å². The van der Waals surface area contributed by atoms with Crippen molar-refractivity contribution >= 4 is 27.3 Å². The molecule has 86 valence electrons.